The van der Waals surface area contributed by atoms with Crippen molar-refractivity contribution in [3.63, 3.8) is 0 Å². The summed E-state index contributed by atoms with van der Waals surface area (Å²) in [6.07, 6.45) is 4.42. The molecule has 1 saturated heterocycles. The largest absolute Gasteiger partial charge is 0.488 e. The summed E-state index contributed by atoms with van der Waals surface area (Å²) in [6.45, 7) is 1.01. The molecule has 0 aromatic heterocycles. The smallest absolute Gasteiger partial charge is 0.324 e. The number of imide groups is 1. The van der Waals surface area contributed by atoms with E-state index < -0.39 is 13.0 Å². The molecule has 1 aliphatic carbocycles. The second-order valence-electron chi connectivity index (χ2n) is 7.17. The zero-order valence-electron chi connectivity index (χ0n) is 16.1. The highest BCUT2D eigenvalue weighted by molar-refractivity contribution is 5.96. The first-order valence-electron chi connectivity index (χ1n) is 9.74. The lowest BCUT2D eigenvalue weighted by atomic mass is 10.1. The van der Waals surface area contributed by atoms with Crippen LogP contribution in [0.4, 0.5) is 13.6 Å². The Morgan fingerprint density at radius 1 is 1.28 bits per heavy atom. The number of urea groups is 1. The van der Waals surface area contributed by atoms with Crippen LogP contribution in [0, 0.1) is 0 Å². The fourth-order valence-corrected chi connectivity index (χ4v) is 3.13. The number of rotatable bonds is 11. The molecule has 3 N–H and O–H groups in total. The number of hydrazine groups is 1. The summed E-state index contributed by atoms with van der Waals surface area (Å²) >= 11 is 0. The van der Waals surface area contributed by atoms with E-state index in [4.69, 9.17) is 4.74 Å². The van der Waals surface area contributed by atoms with Crippen molar-refractivity contribution in [3.05, 3.63) is 42.0 Å². The number of amides is 3. The molecule has 0 atom stereocenters. The summed E-state index contributed by atoms with van der Waals surface area (Å²) in [5, 5.41) is 2.29. The molecule has 2 fully saturated rings. The predicted octanol–water partition coefficient (Wildman–Crippen LogP) is 2.30. The summed E-state index contributed by atoms with van der Waals surface area (Å²) < 4.78 is 29.7. The van der Waals surface area contributed by atoms with Gasteiger partial charge in [0.1, 0.15) is 12.4 Å². The lowest BCUT2D eigenvalue weighted by Gasteiger charge is -2.25. The Kier molecular flexibility index (Phi) is 7.16. The van der Waals surface area contributed by atoms with Gasteiger partial charge in [0.15, 0.2) is 0 Å². The Hall–Kier alpha value is -2.52. The predicted molar refractivity (Wildman–Crippen MR) is 103 cm³/mol. The number of benzene rings is 1. The second kappa shape index (κ2) is 9.80. The highest BCUT2D eigenvalue weighted by Gasteiger charge is 2.44. The van der Waals surface area contributed by atoms with Crippen molar-refractivity contribution in [3.8, 4) is 5.75 Å². The summed E-state index contributed by atoms with van der Waals surface area (Å²) in [4.78, 5) is 24.3. The third-order valence-electron chi connectivity index (χ3n) is 4.91. The van der Waals surface area contributed by atoms with Crippen LogP contribution in [-0.2, 0) is 10.3 Å². The molecule has 3 rings (SSSR count). The van der Waals surface area contributed by atoms with Crippen LogP contribution in [0.25, 0.3) is 0 Å². The summed E-state index contributed by atoms with van der Waals surface area (Å²) in [7, 11) is 0. The van der Waals surface area contributed by atoms with E-state index in [2.05, 4.69) is 16.2 Å². The third-order valence-corrected chi connectivity index (χ3v) is 4.91. The quantitative estimate of drug-likeness (QED) is 0.297. The van der Waals surface area contributed by atoms with Crippen LogP contribution in [-0.4, -0.2) is 49.5 Å². The van der Waals surface area contributed by atoms with E-state index in [0.717, 1.165) is 24.8 Å². The molecule has 9 heteroatoms. The lowest BCUT2D eigenvalue weighted by Crippen LogP contribution is -2.49. The van der Waals surface area contributed by atoms with Gasteiger partial charge in [-0.1, -0.05) is 24.3 Å². The van der Waals surface area contributed by atoms with Crippen molar-refractivity contribution in [1.82, 2.24) is 21.1 Å². The van der Waals surface area contributed by atoms with E-state index in [1.807, 2.05) is 24.3 Å². The van der Waals surface area contributed by atoms with Crippen molar-refractivity contribution < 1.29 is 23.1 Å². The number of hydrogen-bond donors (Lipinski definition) is 3. The molecule has 1 aliphatic heterocycles. The maximum Gasteiger partial charge on any atom is 0.324 e. The molecule has 1 heterocycles. The van der Waals surface area contributed by atoms with Crippen LogP contribution in [0.2, 0.25) is 0 Å². The van der Waals surface area contributed by atoms with Crippen molar-refractivity contribution >= 4 is 11.9 Å². The Bertz CT molecular complexity index is 753. The molecule has 29 heavy (non-hydrogen) atoms. The van der Waals surface area contributed by atoms with Gasteiger partial charge in [0.2, 0.25) is 5.91 Å². The summed E-state index contributed by atoms with van der Waals surface area (Å²) in [5.41, 5.74) is 7.36. The molecular formula is C20H26F2N4O3. The number of carbonyl (C=O) groups excluding carboxylic acids is 2. The summed E-state index contributed by atoms with van der Waals surface area (Å²) in [5.74, 6) is 0.216. The first kappa shape index (κ1) is 21.2. The van der Waals surface area contributed by atoms with Crippen molar-refractivity contribution in [1.29, 1.82) is 0 Å². The zero-order valence-corrected chi connectivity index (χ0v) is 16.1. The second-order valence-corrected chi connectivity index (χ2v) is 7.17. The molecule has 0 radical (unpaired) electrons. The molecule has 1 aromatic carbocycles. The van der Waals surface area contributed by atoms with Gasteiger partial charge in [0.25, 0.3) is 6.43 Å². The molecule has 3 amide bonds. The standard InChI is InChI=1S/C20H26F2N4O3/c21-17(22)14-29-16-6-4-5-15(13-16)20(8-9-20)25-23-10-2-1-3-11-26-12-7-18(27)24-19(26)28/h1,3-6,13,17,23,25H,2,7-12,14H2,(H,24,27,28)/b3-1+. The van der Waals surface area contributed by atoms with Crippen LogP contribution in [0.1, 0.15) is 31.2 Å². The first-order valence-corrected chi connectivity index (χ1v) is 9.74. The normalized spacial score (nSPS) is 18.4. The third kappa shape index (κ3) is 6.23. The molecule has 158 valence electrons. The molecule has 2 aliphatic rings. The Balaban J connectivity index is 1.37. The minimum atomic E-state index is -2.49. The highest BCUT2D eigenvalue weighted by Crippen LogP contribution is 2.45. The van der Waals surface area contributed by atoms with E-state index in [1.54, 1.807) is 17.0 Å². The van der Waals surface area contributed by atoms with Crippen molar-refractivity contribution in [2.45, 2.75) is 37.6 Å². The minimum Gasteiger partial charge on any atom is -0.488 e. The summed E-state index contributed by atoms with van der Waals surface area (Å²) in [6, 6.07) is 6.91. The van der Waals surface area contributed by atoms with Gasteiger partial charge in [-0.3, -0.25) is 15.5 Å². The highest BCUT2D eigenvalue weighted by atomic mass is 19.3. The van der Waals surface area contributed by atoms with Gasteiger partial charge in [0, 0.05) is 26.1 Å². The monoisotopic (exact) mass is 408 g/mol. The molecule has 1 saturated carbocycles. The van der Waals surface area contributed by atoms with E-state index in [9.17, 15) is 18.4 Å². The van der Waals surface area contributed by atoms with E-state index in [-0.39, 0.29) is 17.5 Å². The minimum absolute atomic E-state index is 0.188. The van der Waals surface area contributed by atoms with Crippen LogP contribution in [0.5, 0.6) is 5.75 Å². The molecule has 0 spiro atoms. The molecule has 7 nitrogen and oxygen atoms in total. The number of carbonyl (C=O) groups is 2. The Morgan fingerprint density at radius 2 is 2.10 bits per heavy atom. The van der Waals surface area contributed by atoms with Gasteiger partial charge < -0.3 is 9.64 Å². The average molecular weight is 408 g/mol. The van der Waals surface area contributed by atoms with Gasteiger partial charge in [0.05, 0.1) is 5.54 Å². The SMILES string of the molecule is O=C1CCN(C/C=C/CCNNC2(c3cccc(OCC(F)F)c3)CC2)C(=O)N1. The van der Waals surface area contributed by atoms with Gasteiger partial charge in [-0.05, 0) is 37.0 Å². The fraction of sp³-hybridized carbons (Fsp3) is 0.500. The first-order chi connectivity index (χ1) is 14.0. The van der Waals surface area contributed by atoms with Gasteiger partial charge in [-0.15, -0.1) is 0 Å². The van der Waals surface area contributed by atoms with Crippen molar-refractivity contribution in [2.75, 3.05) is 26.2 Å². The van der Waals surface area contributed by atoms with Gasteiger partial charge >= 0.3 is 6.03 Å². The van der Waals surface area contributed by atoms with Crippen molar-refractivity contribution in [2.24, 2.45) is 0 Å². The Labute approximate surface area is 168 Å². The molecule has 1 aromatic rings. The fourth-order valence-electron chi connectivity index (χ4n) is 3.13. The number of nitrogens with zero attached hydrogens (tertiary/aromatic N) is 1. The van der Waals surface area contributed by atoms with Crippen LogP contribution in [0.15, 0.2) is 36.4 Å². The van der Waals surface area contributed by atoms with E-state index >= 15 is 0 Å². The lowest BCUT2D eigenvalue weighted by molar-refractivity contribution is -0.121. The zero-order chi connectivity index (χ0) is 20.7. The number of nitrogens with one attached hydrogen (secondary N) is 3. The molecule has 0 unspecified atom stereocenters. The van der Waals surface area contributed by atoms with Crippen LogP contribution < -0.4 is 20.9 Å². The molecular weight excluding hydrogens is 382 g/mol. The number of ether oxygens (including phenoxy) is 1. The number of halogens is 2. The average Bonchev–Trinajstić information content (AvgIpc) is 3.48. The number of hydrogen-bond acceptors (Lipinski definition) is 5. The molecule has 0 bridgehead atoms. The number of alkyl halides is 2. The van der Waals surface area contributed by atoms with E-state index in [1.165, 1.54) is 0 Å². The van der Waals surface area contributed by atoms with Crippen LogP contribution >= 0.6 is 0 Å². The van der Waals surface area contributed by atoms with E-state index in [0.29, 0.717) is 31.8 Å². The Morgan fingerprint density at radius 3 is 2.83 bits per heavy atom. The topological polar surface area (TPSA) is 82.7 Å². The van der Waals surface area contributed by atoms with Crippen LogP contribution in [0.3, 0.4) is 0 Å². The maximum atomic E-state index is 12.3. The maximum absolute atomic E-state index is 12.3. The van der Waals surface area contributed by atoms with Gasteiger partial charge in [-0.2, -0.15) is 0 Å². The van der Waals surface area contributed by atoms with Gasteiger partial charge in [-0.25, -0.2) is 19.0 Å².